The van der Waals surface area contributed by atoms with Crippen LogP contribution in [0.25, 0.3) is 0 Å². The number of nitrogens with zero attached hydrogens (tertiary/aromatic N) is 2. The van der Waals surface area contributed by atoms with Gasteiger partial charge in [0.2, 0.25) is 5.91 Å². The van der Waals surface area contributed by atoms with Gasteiger partial charge in [0.1, 0.15) is 5.88 Å². The van der Waals surface area contributed by atoms with Crippen molar-refractivity contribution in [2.45, 2.75) is 12.8 Å². The summed E-state index contributed by atoms with van der Waals surface area (Å²) < 4.78 is 0. The van der Waals surface area contributed by atoms with E-state index >= 15 is 0 Å². The monoisotopic (exact) mass is 218 g/mol. The van der Waals surface area contributed by atoms with Gasteiger partial charge in [-0.3, -0.25) is 4.79 Å². The molecule has 0 aliphatic carbocycles. The van der Waals surface area contributed by atoms with E-state index in [1.54, 1.807) is 0 Å². The summed E-state index contributed by atoms with van der Waals surface area (Å²) in [6.45, 7) is 2.82. The van der Waals surface area contributed by atoms with Gasteiger partial charge in [0.05, 0.1) is 0 Å². The van der Waals surface area contributed by atoms with Crippen molar-refractivity contribution in [2.75, 3.05) is 39.6 Å². The highest BCUT2D eigenvalue weighted by Crippen LogP contribution is 2.17. The molecule has 0 bridgehead atoms. The molecule has 3 nitrogen and oxygen atoms in total. The van der Waals surface area contributed by atoms with Crippen molar-refractivity contribution in [3.05, 3.63) is 0 Å². The first-order valence-electron chi connectivity index (χ1n) is 5.12. The van der Waals surface area contributed by atoms with Gasteiger partial charge in [0.15, 0.2) is 0 Å². The number of hydrogen-bond acceptors (Lipinski definition) is 2. The van der Waals surface area contributed by atoms with Gasteiger partial charge >= 0.3 is 0 Å². The molecule has 1 aliphatic heterocycles. The Balaban J connectivity index is 2.39. The van der Waals surface area contributed by atoms with Crippen molar-refractivity contribution in [1.29, 1.82) is 0 Å². The third kappa shape index (κ3) is 3.46. The van der Waals surface area contributed by atoms with Crippen LogP contribution in [0.1, 0.15) is 12.8 Å². The zero-order valence-corrected chi connectivity index (χ0v) is 9.76. The van der Waals surface area contributed by atoms with Gasteiger partial charge in [-0.2, -0.15) is 0 Å². The van der Waals surface area contributed by atoms with Crippen LogP contribution in [0.3, 0.4) is 0 Å². The van der Waals surface area contributed by atoms with E-state index in [9.17, 15) is 4.79 Å². The van der Waals surface area contributed by atoms with Crippen molar-refractivity contribution in [1.82, 2.24) is 9.80 Å². The Morgan fingerprint density at radius 2 is 2.29 bits per heavy atom. The summed E-state index contributed by atoms with van der Waals surface area (Å²) in [6.07, 6.45) is 2.34. The minimum atomic E-state index is 0.0788. The minimum Gasteiger partial charge on any atom is -0.341 e. The Labute approximate surface area is 91.0 Å². The molecule has 0 aromatic rings. The largest absolute Gasteiger partial charge is 0.341 e. The fraction of sp³-hybridized carbons (Fsp3) is 0.900. The highest BCUT2D eigenvalue weighted by atomic mass is 35.5. The lowest BCUT2D eigenvalue weighted by molar-refractivity contribution is -0.130. The van der Waals surface area contributed by atoms with Gasteiger partial charge in [-0.05, 0) is 32.9 Å². The summed E-state index contributed by atoms with van der Waals surface area (Å²) >= 11 is 5.54. The number of carbonyl (C=O) groups is 1. The second-order valence-corrected chi connectivity index (χ2v) is 4.51. The molecule has 4 heteroatoms. The molecular formula is C10H19ClN2O. The van der Waals surface area contributed by atoms with Crippen LogP contribution < -0.4 is 0 Å². The lowest BCUT2D eigenvalue weighted by Crippen LogP contribution is -2.43. The van der Waals surface area contributed by atoms with Crippen LogP contribution in [0.2, 0.25) is 0 Å². The zero-order valence-electron chi connectivity index (χ0n) is 9.00. The maximum Gasteiger partial charge on any atom is 0.237 e. The second-order valence-electron chi connectivity index (χ2n) is 4.24. The number of alkyl halides is 1. The Hall–Kier alpha value is -0.280. The van der Waals surface area contributed by atoms with Crippen LogP contribution in [0.15, 0.2) is 0 Å². The quantitative estimate of drug-likeness (QED) is 0.661. The maximum absolute atomic E-state index is 11.4. The number of carbonyl (C=O) groups excluding carboxylic acids is 1. The lowest BCUT2D eigenvalue weighted by atomic mass is 9.98. The fourth-order valence-corrected chi connectivity index (χ4v) is 2.21. The first-order valence-corrected chi connectivity index (χ1v) is 5.65. The van der Waals surface area contributed by atoms with E-state index in [-0.39, 0.29) is 11.8 Å². The molecule has 82 valence electrons. The molecule has 0 unspecified atom stereocenters. The molecular weight excluding hydrogens is 200 g/mol. The average Bonchev–Trinajstić information content (AvgIpc) is 2.16. The molecule has 1 heterocycles. The Morgan fingerprint density at radius 1 is 1.57 bits per heavy atom. The van der Waals surface area contributed by atoms with Crippen molar-refractivity contribution in [3.63, 3.8) is 0 Å². The molecule has 1 rings (SSSR count). The molecule has 0 N–H and O–H groups in total. The number of rotatable bonds is 3. The standard InChI is InChI=1S/C10H19ClN2O/c1-12(2)7-9-4-3-5-13(8-9)10(14)6-11/h9H,3-8H2,1-2H3/t9-/m0/s1. The van der Waals surface area contributed by atoms with Gasteiger partial charge in [0, 0.05) is 19.6 Å². The molecule has 0 saturated carbocycles. The Kier molecular flexibility index (Phi) is 4.69. The SMILES string of the molecule is CN(C)C[C@@H]1CCCN(C(=O)CCl)C1. The van der Waals surface area contributed by atoms with Crippen molar-refractivity contribution in [2.24, 2.45) is 5.92 Å². The van der Waals surface area contributed by atoms with E-state index in [2.05, 4.69) is 19.0 Å². The third-order valence-electron chi connectivity index (χ3n) is 2.61. The first kappa shape index (κ1) is 11.8. The van der Waals surface area contributed by atoms with Crippen LogP contribution in [0.4, 0.5) is 0 Å². The predicted octanol–water partition coefficient (Wildman–Crippen LogP) is 1.03. The molecule has 0 aromatic heterocycles. The average molecular weight is 219 g/mol. The van der Waals surface area contributed by atoms with Crippen molar-refractivity contribution < 1.29 is 4.79 Å². The summed E-state index contributed by atoms with van der Waals surface area (Å²) in [6, 6.07) is 0. The molecule has 1 aliphatic rings. The highest BCUT2D eigenvalue weighted by molar-refractivity contribution is 6.27. The molecule has 0 aromatic carbocycles. The summed E-state index contributed by atoms with van der Waals surface area (Å²) in [7, 11) is 4.14. The van der Waals surface area contributed by atoms with Gasteiger partial charge in [-0.25, -0.2) is 0 Å². The van der Waals surface area contributed by atoms with E-state index in [1.807, 2.05) is 4.90 Å². The Morgan fingerprint density at radius 3 is 2.86 bits per heavy atom. The van der Waals surface area contributed by atoms with Gasteiger partial charge in [-0.1, -0.05) is 0 Å². The first-order chi connectivity index (χ1) is 6.63. The van der Waals surface area contributed by atoms with Crippen LogP contribution in [-0.4, -0.2) is 55.3 Å². The van der Waals surface area contributed by atoms with E-state index in [1.165, 1.54) is 6.42 Å². The number of likely N-dealkylation sites (tertiary alicyclic amines) is 1. The maximum atomic E-state index is 11.4. The molecule has 1 amide bonds. The van der Waals surface area contributed by atoms with Crippen LogP contribution >= 0.6 is 11.6 Å². The molecule has 14 heavy (non-hydrogen) atoms. The summed E-state index contributed by atoms with van der Waals surface area (Å²) in [4.78, 5) is 15.5. The van der Waals surface area contributed by atoms with E-state index in [0.717, 1.165) is 26.1 Å². The minimum absolute atomic E-state index is 0.0788. The van der Waals surface area contributed by atoms with Crippen LogP contribution in [0.5, 0.6) is 0 Å². The van der Waals surface area contributed by atoms with E-state index in [0.29, 0.717) is 5.92 Å². The number of halogens is 1. The Bertz CT molecular complexity index is 197. The topological polar surface area (TPSA) is 23.6 Å². The second kappa shape index (κ2) is 5.56. The van der Waals surface area contributed by atoms with Crippen LogP contribution in [-0.2, 0) is 4.79 Å². The normalized spacial score (nSPS) is 22.9. The summed E-state index contributed by atoms with van der Waals surface area (Å²) in [5.74, 6) is 0.815. The fourth-order valence-electron chi connectivity index (χ4n) is 2.04. The number of amides is 1. The summed E-state index contributed by atoms with van der Waals surface area (Å²) in [5, 5.41) is 0. The van der Waals surface area contributed by atoms with E-state index < -0.39 is 0 Å². The molecule has 1 saturated heterocycles. The zero-order chi connectivity index (χ0) is 10.6. The third-order valence-corrected chi connectivity index (χ3v) is 2.84. The summed E-state index contributed by atoms with van der Waals surface area (Å²) in [5.41, 5.74) is 0. The number of piperidine rings is 1. The molecule has 0 spiro atoms. The smallest absolute Gasteiger partial charge is 0.237 e. The van der Waals surface area contributed by atoms with Gasteiger partial charge < -0.3 is 9.80 Å². The molecule has 1 atom stereocenters. The van der Waals surface area contributed by atoms with E-state index in [4.69, 9.17) is 11.6 Å². The predicted molar refractivity (Wildman–Crippen MR) is 58.6 cm³/mol. The van der Waals surface area contributed by atoms with Gasteiger partial charge in [0.25, 0.3) is 0 Å². The molecule has 0 radical (unpaired) electrons. The van der Waals surface area contributed by atoms with Crippen LogP contribution in [0, 0.1) is 5.92 Å². The lowest BCUT2D eigenvalue weighted by Gasteiger charge is -2.33. The number of hydrogen-bond donors (Lipinski definition) is 0. The van der Waals surface area contributed by atoms with Crippen molar-refractivity contribution >= 4 is 17.5 Å². The molecule has 1 fully saturated rings. The highest BCUT2D eigenvalue weighted by Gasteiger charge is 2.22. The van der Waals surface area contributed by atoms with Crippen molar-refractivity contribution in [3.8, 4) is 0 Å². The van der Waals surface area contributed by atoms with Gasteiger partial charge in [-0.15, -0.1) is 11.6 Å².